The molecule has 0 radical (unpaired) electrons. The van der Waals surface area contributed by atoms with Crippen LogP contribution in [0.2, 0.25) is 0 Å². The largest absolute Gasteiger partial charge is 0.379 e. The number of hydrogen-bond donors (Lipinski definition) is 2. The molecule has 2 N–H and O–H groups in total. The summed E-state index contributed by atoms with van der Waals surface area (Å²) in [5.74, 6) is 1.85. The smallest absolute Gasteiger partial charge is 0.191 e. The van der Waals surface area contributed by atoms with Crippen molar-refractivity contribution in [3.05, 3.63) is 23.9 Å². The summed E-state index contributed by atoms with van der Waals surface area (Å²) < 4.78 is 11.0. The number of anilines is 1. The van der Waals surface area contributed by atoms with Crippen LogP contribution in [-0.4, -0.2) is 64.1 Å². The molecule has 1 aliphatic rings. The van der Waals surface area contributed by atoms with Gasteiger partial charge in [0.1, 0.15) is 5.82 Å². The van der Waals surface area contributed by atoms with E-state index in [4.69, 9.17) is 9.47 Å². The Morgan fingerprint density at radius 2 is 1.93 bits per heavy atom. The minimum absolute atomic E-state index is 0.631. The zero-order valence-electron chi connectivity index (χ0n) is 16.9. The average molecular weight is 378 g/mol. The summed E-state index contributed by atoms with van der Waals surface area (Å²) in [6.45, 7) is 8.55. The van der Waals surface area contributed by atoms with Gasteiger partial charge < -0.3 is 25.0 Å². The Bertz CT molecular complexity index is 547. The van der Waals surface area contributed by atoms with Crippen LogP contribution in [0, 0.1) is 0 Å². The van der Waals surface area contributed by atoms with Gasteiger partial charge in [0.2, 0.25) is 0 Å². The highest BCUT2D eigenvalue weighted by Gasteiger charge is 2.13. The first kappa shape index (κ1) is 21.4. The first-order valence-corrected chi connectivity index (χ1v) is 10.1. The van der Waals surface area contributed by atoms with E-state index in [-0.39, 0.29) is 0 Å². The zero-order chi connectivity index (χ0) is 19.2. The fraction of sp³-hybridized carbons (Fsp3) is 0.700. The lowest BCUT2D eigenvalue weighted by molar-refractivity contribution is 0.0487. The van der Waals surface area contributed by atoms with Crippen molar-refractivity contribution in [2.45, 2.75) is 39.2 Å². The lowest BCUT2D eigenvalue weighted by Crippen LogP contribution is -2.38. The van der Waals surface area contributed by atoms with E-state index in [2.05, 4.69) is 38.5 Å². The Kier molecular flexibility index (Phi) is 10.6. The number of guanidine groups is 1. The summed E-state index contributed by atoms with van der Waals surface area (Å²) in [4.78, 5) is 11.1. The maximum absolute atomic E-state index is 5.56. The maximum atomic E-state index is 5.56. The second kappa shape index (κ2) is 13.3. The standard InChI is InChI=1S/C20H35N5O2/c1-3-4-12-26-14-15-27-13-9-23-20(21-2)24-17-18-7-8-22-19(16-18)25-10-5-6-11-25/h7-8,16H,3-6,9-15,17H2,1-2H3,(H2,21,23,24). The molecule has 1 aromatic rings. The topological polar surface area (TPSA) is 71.0 Å². The van der Waals surface area contributed by atoms with Crippen LogP contribution in [0.15, 0.2) is 23.3 Å². The van der Waals surface area contributed by atoms with Gasteiger partial charge in [-0.3, -0.25) is 4.99 Å². The predicted molar refractivity (Wildman–Crippen MR) is 110 cm³/mol. The molecule has 0 unspecified atom stereocenters. The van der Waals surface area contributed by atoms with Crippen LogP contribution < -0.4 is 15.5 Å². The van der Waals surface area contributed by atoms with Gasteiger partial charge in [-0.2, -0.15) is 0 Å². The highest BCUT2D eigenvalue weighted by molar-refractivity contribution is 5.79. The molecule has 27 heavy (non-hydrogen) atoms. The predicted octanol–water partition coefficient (Wildman–Crippen LogP) is 2.18. The molecule has 0 amide bonds. The summed E-state index contributed by atoms with van der Waals surface area (Å²) in [6.07, 6.45) is 6.68. The molecular formula is C20H35N5O2. The number of aliphatic imine (C=N–C) groups is 1. The Balaban J connectivity index is 1.59. The van der Waals surface area contributed by atoms with Crippen molar-refractivity contribution >= 4 is 11.8 Å². The molecular weight excluding hydrogens is 342 g/mol. The normalized spacial score (nSPS) is 14.6. The molecule has 2 heterocycles. The van der Waals surface area contributed by atoms with Gasteiger partial charge in [-0.15, -0.1) is 0 Å². The highest BCUT2D eigenvalue weighted by atomic mass is 16.5. The van der Waals surface area contributed by atoms with E-state index in [1.165, 1.54) is 18.4 Å². The lowest BCUT2D eigenvalue weighted by Gasteiger charge is -2.17. The molecule has 0 aliphatic carbocycles. The Morgan fingerprint density at radius 3 is 2.67 bits per heavy atom. The minimum Gasteiger partial charge on any atom is -0.379 e. The summed E-state index contributed by atoms with van der Waals surface area (Å²) in [7, 11) is 1.78. The first-order chi connectivity index (χ1) is 13.3. The molecule has 1 fully saturated rings. The van der Waals surface area contributed by atoms with Gasteiger partial charge >= 0.3 is 0 Å². The van der Waals surface area contributed by atoms with Crippen LogP contribution in [-0.2, 0) is 16.0 Å². The maximum Gasteiger partial charge on any atom is 0.191 e. The van der Waals surface area contributed by atoms with Crippen LogP contribution >= 0.6 is 0 Å². The van der Waals surface area contributed by atoms with Gasteiger partial charge in [-0.05, 0) is 37.0 Å². The number of hydrogen-bond acceptors (Lipinski definition) is 5. The van der Waals surface area contributed by atoms with Gasteiger partial charge in [0, 0.05) is 46.0 Å². The minimum atomic E-state index is 0.631. The van der Waals surface area contributed by atoms with Gasteiger partial charge in [0.15, 0.2) is 5.96 Å². The number of ether oxygens (including phenoxy) is 2. The van der Waals surface area contributed by atoms with Gasteiger partial charge in [-0.1, -0.05) is 13.3 Å². The van der Waals surface area contributed by atoms with E-state index in [0.717, 1.165) is 50.9 Å². The molecule has 1 aromatic heterocycles. The molecule has 152 valence electrons. The summed E-state index contributed by atoms with van der Waals surface area (Å²) in [6, 6.07) is 4.20. The van der Waals surface area contributed by atoms with Crippen molar-refractivity contribution in [3.63, 3.8) is 0 Å². The molecule has 7 heteroatoms. The van der Waals surface area contributed by atoms with E-state index in [0.29, 0.717) is 26.4 Å². The molecule has 2 rings (SSSR count). The molecule has 0 atom stereocenters. The van der Waals surface area contributed by atoms with E-state index in [1.807, 2.05) is 12.3 Å². The van der Waals surface area contributed by atoms with E-state index in [9.17, 15) is 0 Å². The average Bonchev–Trinajstić information content (AvgIpc) is 3.24. The second-order valence-corrected chi connectivity index (χ2v) is 6.65. The highest BCUT2D eigenvalue weighted by Crippen LogP contribution is 2.18. The number of nitrogens with zero attached hydrogens (tertiary/aromatic N) is 3. The van der Waals surface area contributed by atoms with Gasteiger partial charge in [0.05, 0.1) is 19.8 Å². The monoisotopic (exact) mass is 377 g/mol. The number of aromatic nitrogens is 1. The van der Waals surface area contributed by atoms with E-state index in [1.54, 1.807) is 7.05 Å². The fourth-order valence-electron chi connectivity index (χ4n) is 2.91. The molecule has 0 aromatic carbocycles. The Labute approximate surface area is 163 Å². The summed E-state index contributed by atoms with van der Waals surface area (Å²) in [5, 5.41) is 6.61. The lowest BCUT2D eigenvalue weighted by atomic mass is 10.2. The third-order valence-electron chi connectivity index (χ3n) is 4.48. The molecule has 7 nitrogen and oxygen atoms in total. The molecule has 0 saturated carbocycles. The van der Waals surface area contributed by atoms with Crippen molar-refractivity contribution in [3.8, 4) is 0 Å². The van der Waals surface area contributed by atoms with Crippen molar-refractivity contribution in [2.24, 2.45) is 4.99 Å². The summed E-state index contributed by atoms with van der Waals surface area (Å²) >= 11 is 0. The SMILES string of the molecule is CCCCOCCOCCNC(=NC)NCc1ccnc(N2CCCC2)c1. The molecule has 1 aliphatic heterocycles. The number of nitrogens with one attached hydrogen (secondary N) is 2. The van der Waals surface area contributed by atoms with Gasteiger partial charge in [0.25, 0.3) is 0 Å². The van der Waals surface area contributed by atoms with Crippen LogP contribution in [0.3, 0.4) is 0 Å². The Hall–Kier alpha value is -1.86. The van der Waals surface area contributed by atoms with Crippen molar-refractivity contribution < 1.29 is 9.47 Å². The van der Waals surface area contributed by atoms with E-state index >= 15 is 0 Å². The second-order valence-electron chi connectivity index (χ2n) is 6.65. The quantitative estimate of drug-likeness (QED) is 0.331. The molecule has 0 spiro atoms. The number of rotatable bonds is 12. The fourth-order valence-corrected chi connectivity index (χ4v) is 2.91. The van der Waals surface area contributed by atoms with Gasteiger partial charge in [-0.25, -0.2) is 4.98 Å². The third kappa shape index (κ3) is 8.58. The van der Waals surface area contributed by atoms with Crippen molar-refractivity contribution in [1.29, 1.82) is 0 Å². The van der Waals surface area contributed by atoms with Crippen LogP contribution in [0.5, 0.6) is 0 Å². The Morgan fingerprint density at radius 1 is 1.15 bits per heavy atom. The third-order valence-corrected chi connectivity index (χ3v) is 4.48. The first-order valence-electron chi connectivity index (χ1n) is 10.1. The van der Waals surface area contributed by atoms with Crippen LogP contribution in [0.4, 0.5) is 5.82 Å². The van der Waals surface area contributed by atoms with Crippen LogP contribution in [0.1, 0.15) is 38.2 Å². The zero-order valence-corrected chi connectivity index (χ0v) is 16.9. The van der Waals surface area contributed by atoms with Crippen molar-refractivity contribution in [2.75, 3.05) is 58.0 Å². The number of pyridine rings is 1. The summed E-state index contributed by atoms with van der Waals surface area (Å²) in [5.41, 5.74) is 1.20. The van der Waals surface area contributed by atoms with Crippen molar-refractivity contribution in [1.82, 2.24) is 15.6 Å². The number of unbranched alkanes of at least 4 members (excludes halogenated alkanes) is 1. The molecule has 1 saturated heterocycles. The van der Waals surface area contributed by atoms with E-state index < -0.39 is 0 Å². The molecule has 0 bridgehead atoms. The van der Waals surface area contributed by atoms with Crippen LogP contribution in [0.25, 0.3) is 0 Å².